The van der Waals surface area contributed by atoms with Crippen LogP contribution in [0.15, 0.2) is 59.1 Å². The van der Waals surface area contributed by atoms with Gasteiger partial charge in [-0.3, -0.25) is 0 Å². The Balaban J connectivity index is 1.67. The Morgan fingerprint density at radius 1 is 1.07 bits per heavy atom. The van der Waals surface area contributed by atoms with E-state index >= 15 is 0 Å². The minimum Gasteiger partial charge on any atom is -0.302 e. The number of rotatable bonds is 6. The summed E-state index contributed by atoms with van der Waals surface area (Å²) in [5, 5.41) is 12.0. The molecule has 0 aliphatic rings. The molecule has 2 aromatic carbocycles. The molecule has 2 aromatic heterocycles. The fourth-order valence-electron chi connectivity index (χ4n) is 3.35. The van der Waals surface area contributed by atoms with Gasteiger partial charge >= 0.3 is 0 Å². The third-order valence-corrected chi connectivity index (χ3v) is 6.80. The second-order valence-electron chi connectivity index (χ2n) is 6.92. The Morgan fingerprint density at radius 3 is 2.59 bits per heavy atom. The van der Waals surface area contributed by atoms with Crippen molar-refractivity contribution in [2.75, 3.05) is 0 Å². The lowest BCUT2D eigenvalue weighted by atomic mass is 10.0. The van der Waals surface area contributed by atoms with Gasteiger partial charge in [-0.2, -0.15) is 0 Å². The maximum Gasteiger partial charge on any atom is 0.191 e. The van der Waals surface area contributed by atoms with Crippen molar-refractivity contribution in [3.63, 3.8) is 0 Å². The van der Waals surface area contributed by atoms with Gasteiger partial charge in [0.15, 0.2) is 11.0 Å². The van der Waals surface area contributed by atoms with E-state index in [1.807, 2.05) is 6.07 Å². The average molecular weight is 424 g/mol. The number of aryl methyl sites for hydroxylation is 2. The van der Waals surface area contributed by atoms with Crippen molar-refractivity contribution in [1.82, 2.24) is 14.8 Å². The van der Waals surface area contributed by atoms with Crippen molar-refractivity contribution in [1.29, 1.82) is 0 Å². The summed E-state index contributed by atoms with van der Waals surface area (Å²) in [6.07, 6.45) is 0. The first kappa shape index (κ1) is 19.9. The summed E-state index contributed by atoms with van der Waals surface area (Å²) < 4.78 is 15.6. The lowest BCUT2D eigenvalue weighted by molar-refractivity contribution is 0.626. The lowest BCUT2D eigenvalue weighted by Crippen LogP contribution is -2.00. The van der Waals surface area contributed by atoms with Crippen LogP contribution in [-0.2, 0) is 12.3 Å². The first-order chi connectivity index (χ1) is 14.1. The van der Waals surface area contributed by atoms with Gasteiger partial charge in [-0.15, -0.1) is 21.5 Å². The van der Waals surface area contributed by atoms with Crippen LogP contribution in [0.2, 0.25) is 0 Å². The van der Waals surface area contributed by atoms with Crippen molar-refractivity contribution in [2.45, 2.75) is 38.2 Å². The summed E-state index contributed by atoms with van der Waals surface area (Å²) in [7, 11) is 0. The quantitative estimate of drug-likeness (QED) is 0.322. The van der Waals surface area contributed by atoms with Gasteiger partial charge in [-0.25, -0.2) is 4.39 Å². The Kier molecular flexibility index (Phi) is 5.83. The molecule has 4 rings (SSSR count). The van der Waals surface area contributed by atoms with E-state index in [0.29, 0.717) is 5.75 Å². The van der Waals surface area contributed by atoms with Crippen molar-refractivity contribution < 1.29 is 4.39 Å². The van der Waals surface area contributed by atoms with E-state index < -0.39 is 0 Å². The first-order valence-electron chi connectivity index (χ1n) is 9.52. The zero-order valence-electron chi connectivity index (χ0n) is 16.6. The number of halogens is 1. The third kappa shape index (κ3) is 4.14. The molecule has 148 valence electrons. The van der Waals surface area contributed by atoms with Crippen molar-refractivity contribution >= 4 is 23.1 Å². The van der Waals surface area contributed by atoms with Crippen LogP contribution in [0.4, 0.5) is 4.39 Å². The second-order valence-corrected chi connectivity index (χ2v) is 8.94. The lowest BCUT2D eigenvalue weighted by Gasteiger charge is -2.10. The number of hydrogen-bond donors (Lipinski definition) is 0. The highest BCUT2D eigenvalue weighted by atomic mass is 32.2. The Hall–Kier alpha value is -2.44. The number of aromatic nitrogens is 3. The zero-order valence-corrected chi connectivity index (χ0v) is 18.3. The number of hydrogen-bond acceptors (Lipinski definition) is 4. The summed E-state index contributed by atoms with van der Waals surface area (Å²) in [6.45, 7) is 7.12. The van der Waals surface area contributed by atoms with Gasteiger partial charge in [0, 0.05) is 33.7 Å². The molecule has 2 heterocycles. The van der Waals surface area contributed by atoms with Gasteiger partial charge in [-0.1, -0.05) is 53.7 Å². The molecule has 0 saturated heterocycles. The highest BCUT2D eigenvalue weighted by Gasteiger charge is 2.20. The maximum absolute atomic E-state index is 13.5. The Morgan fingerprint density at radius 2 is 1.86 bits per heavy atom. The molecule has 0 amide bonds. The molecule has 0 N–H and O–H groups in total. The van der Waals surface area contributed by atoms with Crippen LogP contribution in [0.1, 0.15) is 22.9 Å². The zero-order chi connectivity index (χ0) is 20.4. The van der Waals surface area contributed by atoms with Gasteiger partial charge in [0.05, 0.1) is 0 Å². The molecule has 6 heteroatoms. The average Bonchev–Trinajstić information content (AvgIpc) is 3.30. The van der Waals surface area contributed by atoms with Gasteiger partial charge in [0.25, 0.3) is 0 Å². The molecule has 29 heavy (non-hydrogen) atoms. The van der Waals surface area contributed by atoms with Crippen LogP contribution in [0.3, 0.4) is 0 Å². The molecular formula is C23H22FN3S2. The fourth-order valence-corrected chi connectivity index (χ4v) is 5.16. The summed E-state index contributed by atoms with van der Waals surface area (Å²) in [5.74, 6) is 1.33. The minimum atomic E-state index is -0.211. The fraction of sp³-hybridized carbons (Fsp3) is 0.217. The number of benzene rings is 2. The van der Waals surface area contributed by atoms with Crippen molar-refractivity contribution in [3.05, 3.63) is 75.7 Å². The summed E-state index contributed by atoms with van der Waals surface area (Å²) in [5.41, 5.74) is 5.72. The molecule has 0 bridgehead atoms. The number of thioether (sulfide) groups is 1. The third-order valence-electron chi connectivity index (χ3n) is 4.85. The maximum atomic E-state index is 13.5. The van der Waals surface area contributed by atoms with E-state index in [2.05, 4.69) is 65.2 Å². The van der Waals surface area contributed by atoms with Gasteiger partial charge < -0.3 is 4.57 Å². The predicted octanol–water partition coefficient (Wildman–Crippen LogP) is 6.74. The summed E-state index contributed by atoms with van der Waals surface area (Å²) in [6, 6.07) is 15.3. The van der Waals surface area contributed by atoms with E-state index in [0.717, 1.165) is 28.7 Å². The van der Waals surface area contributed by atoms with Crippen LogP contribution in [0, 0.1) is 19.7 Å². The number of nitrogens with zero attached hydrogens (tertiary/aromatic N) is 3. The monoisotopic (exact) mass is 423 g/mol. The van der Waals surface area contributed by atoms with Crippen LogP contribution < -0.4 is 0 Å². The SMILES string of the molecule is CCn1c(SCc2cccc(F)c2)nnc1-c1csc(C)c1-c1ccc(C)cc1. The van der Waals surface area contributed by atoms with E-state index in [1.165, 1.54) is 27.6 Å². The van der Waals surface area contributed by atoms with E-state index in [9.17, 15) is 4.39 Å². The van der Waals surface area contributed by atoms with Gasteiger partial charge in [0.2, 0.25) is 0 Å². The normalized spacial score (nSPS) is 11.2. The molecular weight excluding hydrogens is 401 g/mol. The van der Waals surface area contributed by atoms with E-state index in [4.69, 9.17) is 0 Å². The van der Waals surface area contributed by atoms with E-state index in [-0.39, 0.29) is 5.82 Å². The van der Waals surface area contributed by atoms with E-state index in [1.54, 1.807) is 35.2 Å². The summed E-state index contributed by atoms with van der Waals surface area (Å²) in [4.78, 5) is 1.27. The molecule has 3 nitrogen and oxygen atoms in total. The standard InChI is InChI=1S/C23H22FN3S2/c1-4-27-22(25-26-23(27)29-13-17-6-5-7-19(24)12-17)20-14-28-16(3)21(20)18-10-8-15(2)9-11-18/h5-12,14H,4,13H2,1-3H3. The molecule has 0 aliphatic heterocycles. The molecule has 0 fully saturated rings. The molecule has 0 unspecified atom stereocenters. The largest absolute Gasteiger partial charge is 0.302 e. The van der Waals surface area contributed by atoms with Crippen LogP contribution in [0.5, 0.6) is 0 Å². The Bertz CT molecular complexity index is 1130. The molecule has 0 radical (unpaired) electrons. The van der Waals surface area contributed by atoms with Crippen LogP contribution >= 0.6 is 23.1 Å². The van der Waals surface area contributed by atoms with Crippen LogP contribution in [-0.4, -0.2) is 14.8 Å². The summed E-state index contributed by atoms with van der Waals surface area (Å²) >= 11 is 3.32. The van der Waals surface area contributed by atoms with Gasteiger partial charge in [0.1, 0.15) is 5.82 Å². The highest BCUT2D eigenvalue weighted by Crippen LogP contribution is 2.39. The molecule has 0 aliphatic carbocycles. The smallest absolute Gasteiger partial charge is 0.191 e. The highest BCUT2D eigenvalue weighted by molar-refractivity contribution is 7.98. The molecule has 0 atom stereocenters. The predicted molar refractivity (Wildman–Crippen MR) is 120 cm³/mol. The Labute approximate surface area is 178 Å². The van der Waals surface area contributed by atoms with Crippen molar-refractivity contribution in [2.24, 2.45) is 0 Å². The molecule has 0 saturated carbocycles. The van der Waals surface area contributed by atoms with Gasteiger partial charge in [-0.05, 0) is 44.0 Å². The van der Waals surface area contributed by atoms with Crippen LogP contribution in [0.25, 0.3) is 22.5 Å². The topological polar surface area (TPSA) is 30.7 Å². The van der Waals surface area contributed by atoms with Crippen molar-refractivity contribution in [3.8, 4) is 22.5 Å². The second kappa shape index (κ2) is 8.51. The minimum absolute atomic E-state index is 0.211. The molecule has 0 spiro atoms. The number of thiophene rings is 1. The first-order valence-corrected chi connectivity index (χ1v) is 11.4. The molecule has 4 aromatic rings.